The van der Waals surface area contributed by atoms with Gasteiger partial charge in [0.25, 0.3) is 10.0 Å². The summed E-state index contributed by atoms with van der Waals surface area (Å²) in [4.78, 5) is 0.111. The van der Waals surface area contributed by atoms with Gasteiger partial charge in [0, 0.05) is 30.0 Å². The van der Waals surface area contributed by atoms with Crippen LogP contribution in [0.3, 0.4) is 0 Å². The fraction of sp³-hybridized carbons (Fsp3) is 0.294. The van der Waals surface area contributed by atoms with Crippen LogP contribution in [0.15, 0.2) is 29.2 Å². The lowest BCUT2D eigenvalue weighted by molar-refractivity contribution is 0.174. The summed E-state index contributed by atoms with van der Waals surface area (Å²) in [7, 11) is -3.80. The Balaban J connectivity index is 1.57. The molecule has 0 atom stereocenters. The van der Waals surface area contributed by atoms with Gasteiger partial charge >= 0.3 is 0 Å². The molecule has 0 aliphatic carbocycles. The van der Waals surface area contributed by atoms with Crippen LogP contribution in [-0.2, 0) is 22.9 Å². The molecule has 8 heteroatoms. The molecule has 130 valence electrons. The van der Waals surface area contributed by atoms with E-state index < -0.39 is 10.0 Å². The molecule has 0 saturated heterocycles. The molecule has 3 aliphatic rings. The highest BCUT2D eigenvalue weighted by Crippen LogP contribution is 2.45. The second-order valence-electron chi connectivity index (χ2n) is 6.03. The first-order valence-corrected chi connectivity index (χ1v) is 9.47. The summed E-state index contributed by atoms with van der Waals surface area (Å²) in [5.41, 5.74) is 2.29. The van der Waals surface area contributed by atoms with Gasteiger partial charge < -0.3 is 18.9 Å². The fourth-order valence-electron chi connectivity index (χ4n) is 3.33. The van der Waals surface area contributed by atoms with Crippen molar-refractivity contribution in [2.75, 3.05) is 24.7 Å². The summed E-state index contributed by atoms with van der Waals surface area (Å²) in [5, 5.41) is 0. The van der Waals surface area contributed by atoms with Gasteiger partial charge in [0.1, 0.15) is 11.5 Å². The molecule has 3 heterocycles. The normalized spacial score (nSPS) is 16.8. The van der Waals surface area contributed by atoms with Crippen molar-refractivity contribution in [3.8, 4) is 23.0 Å². The zero-order chi connectivity index (χ0) is 17.0. The Bertz CT molecular complexity index is 953. The van der Waals surface area contributed by atoms with Crippen LogP contribution in [0.25, 0.3) is 0 Å². The van der Waals surface area contributed by atoms with Gasteiger partial charge in [0.05, 0.1) is 23.8 Å². The van der Waals surface area contributed by atoms with Crippen LogP contribution in [0.4, 0.5) is 5.69 Å². The van der Waals surface area contributed by atoms with Crippen molar-refractivity contribution in [2.24, 2.45) is 0 Å². The number of anilines is 1. The summed E-state index contributed by atoms with van der Waals surface area (Å²) < 4.78 is 50.3. The van der Waals surface area contributed by atoms with E-state index >= 15 is 0 Å². The van der Waals surface area contributed by atoms with Gasteiger partial charge in [0.2, 0.25) is 6.79 Å². The minimum atomic E-state index is -3.80. The zero-order valence-electron chi connectivity index (χ0n) is 13.2. The van der Waals surface area contributed by atoms with Gasteiger partial charge in [-0.1, -0.05) is 0 Å². The van der Waals surface area contributed by atoms with Crippen LogP contribution in [0.2, 0.25) is 0 Å². The summed E-state index contributed by atoms with van der Waals surface area (Å²) >= 11 is 0. The van der Waals surface area contributed by atoms with Gasteiger partial charge in [0.15, 0.2) is 11.5 Å². The van der Waals surface area contributed by atoms with Crippen molar-refractivity contribution in [2.45, 2.75) is 17.7 Å². The lowest BCUT2D eigenvalue weighted by Gasteiger charge is -2.15. The standard InChI is InChI=1S/C17H15NO6S/c19-25(20,11-1-2-13-15(8-11)24-9-23-13)18-16-12-4-6-21-14(12)7-10-3-5-22-17(10)16/h1-2,7-8,18H,3-6,9H2. The molecule has 0 fully saturated rings. The Morgan fingerprint density at radius 1 is 0.880 bits per heavy atom. The number of benzene rings is 2. The van der Waals surface area contributed by atoms with E-state index in [1.54, 1.807) is 6.07 Å². The minimum absolute atomic E-state index is 0.0944. The number of hydrogen-bond acceptors (Lipinski definition) is 6. The third-order valence-corrected chi connectivity index (χ3v) is 5.89. The van der Waals surface area contributed by atoms with Crippen molar-refractivity contribution >= 4 is 15.7 Å². The third kappa shape index (κ3) is 2.28. The molecule has 3 aliphatic heterocycles. The van der Waals surface area contributed by atoms with E-state index in [0.29, 0.717) is 42.6 Å². The highest BCUT2D eigenvalue weighted by molar-refractivity contribution is 7.92. The van der Waals surface area contributed by atoms with E-state index in [1.165, 1.54) is 12.1 Å². The predicted octanol–water partition coefficient (Wildman–Crippen LogP) is 2.09. The maximum atomic E-state index is 12.9. The van der Waals surface area contributed by atoms with Gasteiger partial charge in [-0.05, 0) is 18.2 Å². The van der Waals surface area contributed by atoms with Crippen LogP contribution in [0.5, 0.6) is 23.0 Å². The maximum Gasteiger partial charge on any atom is 0.262 e. The molecule has 0 aromatic heterocycles. The van der Waals surface area contributed by atoms with Crippen LogP contribution < -0.4 is 23.7 Å². The van der Waals surface area contributed by atoms with Gasteiger partial charge in [-0.3, -0.25) is 4.72 Å². The van der Waals surface area contributed by atoms with Crippen molar-refractivity contribution in [3.63, 3.8) is 0 Å². The molecule has 1 N–H and O–H groups in total. The second kappa shape index (κ2) is 5.19. The smallest absolute Gasteiger partial charge is 0.262 e. The topological polar surface area (TPSA) is 83.1 Å². The van der Waals surface area contributed by atoms with Crippen LogP contribution in [0.1, 0.15) is 11.1 Å². The molecule has 0 radical (unpaired) electrons. The number of nitrogens with one attached hydrogen (secondary N) is 1. The highest BCUT2D eigenvalue weighted by Gasteiger charge is 2.30. The average molecular weight is 361 g/mol. The van der Waals surface area contributed by atoms with Crippen LogP contribution >= 0.6 is 0 Å². The van der Waals surface area contributed by atoms with Crippen LogP contribution in [-0.4, -0.2) is 28.4 Å². The fourth-order valence-corrected chi connectivity index (χ4v) is 4.44. The van der Waals surface area contributed by atoms with Crippen molar-refractivity contribution in [3.05, 3.63) is 35.4 Å². The van der Waals surface area contributed by atoms with Crippen molar-refractivity contribution < 1.29 is 27.4 Å². The van der Waals surface area contributed by atoms with Crippen molar-refractivity contribution in [1.29, 1.82) is 0 Å². The zero-order valence-corrected chi connectivity index (χ0v) is 14.0. The van der Waals surface area contributed by atoms with Crippen LogP contribution in [0, 0.1) is 0 Å². The Kier molecular flexibility index (Phi) is 3.05. The number of sulfonamides is 1. The first-order chi connectivity index (χ1) is 12.1. The van der Waals surface area contributed by atoms with Gasteiger partial charge in [-0.2, -0.15) is 0 Å². The van der Waals surface area contributed by atoms with E-state index in [4.69, 9.17) is 18.9 Å². The molecule has 2 aromatic carbocycles. The lowest BCUT2D eigenvalue weighted by atomic mass is 10.0. The monoisotopic (exact) mass is 361 g/mol. The lowest BCUT2D eigenvalue weighted by Crippen LogP contribution is -2.15. The number of hydrogen-bond donors (Lipinski definition) is 1. The summed E-state index contributed by atoms with van der Waals surface area (Å²) in [6.45, 7) is 1.17. The molecule has 2 aromatic rings. The summed E-state index contributed by atoms with van der Waals surface area (Å²) in [5.74, 6) is 2.30. The molecular weight excluding hydrogens is 346 g/mol. The van der Waals surface area contributed by atoms with Gasteiger partial charge in [-0.15, -0.1) is 0 Å². The molecular formula is C17H15NO6S. The number of ether oxygens (including phenoxy) is 4. The molecule has 0 unspecified atom stereocenters. The minimum Gasteiger partial charge on any atom is -0.493 e. The van der Waals surface area contributed by atoms with E-state index in [2.05, 4.69) is 4.72 Å². The number of rotatable bonds is 3. The molecule has 0 spiro atoms. The first-order valence-electron chi connectivity index (χ1n) is 7.99. The molecule has 0 amide bonds. The third-order valence-electron chi connectivity index (χ3n) is 4.54. The molecule has 7 nitrogen and oxygen atoms in total. The van der Waals surface area contributed by atoms with E-state index in [1.807, 2.05) is 6.07 Å². The molecule has 25 heavy (non-hydrogen) atoms. The van der Waals surface area contributed by atoms with Gasteiger partial charge in [-0.25, -0.2) is 8.42 Å². The predicted molar refractivity (Wildman–Crippen MR) is 88.2 cm³/mol. The Morgan fingerprint density at radius 2 is 1.72 bits per heavy atom. The Morgan fingerprint density at radius 3 is 2.64 bits per heavy atom. The summed E-state index contributed by atoms with van der Waals surface area (Å²) in [6.07, 6.45) is 1.38. The average Bonchev–Trinajstić information content (AvgIpc) is 3.33. The molecule has 0 bridgehead atoms. The SMILES string of the molecule is O=S(=O)(Nc1c2c(cc3c1OCC3)OCC2)c1ccc2c(c1)OCO2. The number of fused-ring (bicyclic) bond motifs is 3. The largest absolute Gasteiger partial charge is 0.493 e. The quantitative estimate of drug-likeness (QED) is 0.901. The maximum absolute atomic E-state index is 12.9. The second-order valence-corrected chi connectivity index (χ2v) is 7.72. The molecule has 0 saturated carbocycles. The Hall–Kier alpha value is -2.61. The summed E-state index contributed by atoms with van der Waals surface area (Å²) in [6, 6.07) is 6.50. The first kappa shape index (κ1) is 14.7. The van der Waals surface area contributed by atoms with E-state index in [0.717, 1.165) is 23.3 Å². The van der Waals surface area contributed by atoms with E-state index in [-0.39, 0.29) is 11.7 Å². The Labute approximate surface area is 144 Å². The highest BCUT2D eigenvalue weighted by atomic mass is 32.2. The van der Waals surface area contributed by atoms with Crippen molar-refractivity contribution in [1.82, 2.24) is 0 Å². The van der Waals surface area contributed by atoms with E-state index in [9.17, 15) is 8.42 Å². The molecule has 5 rings (SSSR count).